The van der Waals surface area contributed by atoms with Gasteiger partial charge in [-0.05, 0) is 36.6 Å². The van der Waals surface area contributed by atoms with E-state index in [2.05, 4.69) is 33.4 Å². The molecule has 2 nitrogen and oxygen atoms in total. The molecule has 1 aromatic carbocycles. The number of rotatable bonds is 5. The average molecular weight is 326 g/mol. The van der Waals surface area contributed by atoms with Crippen LogP contribution in [0.3, 0.4) is 0 Å². The van der Waals surface area contributed by atoms with Crippen LogP contribution in [0.4, 0.5) is 0 Å². The fraction of sp³-hybridized carbons (Fsp3) is 0.286. The molecule has 18 heavy (non-hydrogen) atoms. The second-order valence-corrected chi connectivity index (χ2v) is 6.10. The normalized spacial score (nSPS) is 12.4. The summed E-state index contributed by atoms with van der Waals surface area (Å²) >= 11 is 5.21. The van der Waals surface area contributed by atoms with E-state index >= 15 is 0 Å². The summed E-state index contributed by atoms with van der Waals surface area (Å²) in [6.45, 7) is 2.65. The van der Waals surface area contributed by atoms with E-state index < -0.39 is 0 Å². The molecule has 0 radical (unpaired) electrons. The number of ether oxygens (including phenoxy) is 1. The maximum atomic E-state index is 5.95. The molecule has 0 bridgehead atoms. The van der Waals surface area contributed by atoms with Crippen LogP contribution in [0, 0.1) is 0 Å². The Labute approximate surface area is 120 Å². The van der Waals surface area contributed by atoms with Gasteiger partial charge in [0.1, 0.15) is 5.75 Å². The van der Waals surface area contributed by atoms with Crippen molar-refractivity contribution < 1.29 is 4.74 Å². The standard InChI is InChI=1S/C14H16BrNOS/c1-10(16)13-9-11(15)4-5-14(13)17-7-6-12-3-2-8-18-12/h2-5,8-10H,6-7,16H2,1H3/t10-/m1/s1. The van der Waals surface area contributed by atoms with Gasteiger partial charge in [-0.3, -0.25) is 0 Å². The van der Waals surface area contributed by atoms with E-state index in [9.17, 15) is 0 Å². The zero-order valence-electron chi connectivity index (χ0n) is 10.2. The molecule has 0 saturated heterocycles. The van der Waals surface area contributed by atoms with Crippen molar-refractivity contribution in [1.29, 1.82) is 0 Å². The van der Waals surface area contributed by atoms with E-state index in [1.807, 2.05) is 25.1 Å². The summed E-state index contributed by atoms with van der Waals surface area (Å²) in [7, 11) is 0. The summed E-state index contributed by atoms with van der Waals surface area (Å²) in [5.74, 6) is 0.879. The number of thiophene rings is 1. The van der Waals surface area contributed by atoms with E-state index in [4.69, 9.17) is 10.5 Å². The lowest BCUT2D eigenvalue weighted by atomic mass is 10.1. The van der Waals surface area contributed by atoms with Crippen LogP contribution in [-0.4, -0.2) is 6.61 Å². The number of benzene rings is 1. The minimum Gasteiger partial charge on any atom is -0.493 e. The molecule has 2 N–H and O–H groups in total. The van der Waals surface area contributed by atoms with Crippen LogP contribution in [-0.2, 0) is 6.42 Å². The molecule has 2 aromatic rings. The topological polar surface area (TPSA) is 35.2 Å². The van der Waals surface area contributed by atoms with Gasteiger partial charge >= 0.3 is 0 Å². The first-order valence-corrected chi connectivity index (χ1v) is 7.54. The summed E-state index contributed by atoms with van der Waals surface area (Å²) in [4.78, 5) is 1.34. The smallest absolute Gasteiger partial charge is 0.124 e. The van der Waals surface area contributed by atoms with Gasteiger partial charge in [-0.1, -0.05) is 22.0 Å². The number of nitrogens with two attached hydrogens (primary N) is 1. The van der Waals surface area contributed by atoms with E-state index in [-0.39, 0.29) is 6.04 Å². The summed E-state index contributed by atoms with van der Waals surface area (Å²) in [5.41, 5.74) is 6.99. The molecule has 0 aliphatic carbocycles. The highest BCUT2D eigenvalue weighted by molar-refractivity contribution is 9.10. The van der Waals surface area contributed by atoms with Crippen LogP contribution in [0.5, 0.6) is 5.75 Å². The zero-order valence-corrected chi connectivity index (χ0v) is 12.6. The lowest BCUT2D eigenvalue weighted by Crippen LogP contribution is -2.09. The SMILES string of the molecule is C[C@@H](N)c1cc(Br)ccc1OCCc1cccs1. The summed E-state index contributed by atoms with van der Waals surface area (Å²) in [6.07, 6.45) is 0.937. The molecule has 4 heteroatoms. The molecule has 0 unspecified atom stereocenters. The van der Waals surface area contributed by atoms with Crippen LogP contribution in [0.1, 0.15) is 23.4 Å². The van der Waals surface area contributed by atoms with Gasteiger partial charge in [0, 0.05) is 27.4 Å². The molecule has 0 spiro atoms. The van der Waals surface area contributed by atoms with Crippen LogP contribution < -0.4 is 10.5 Å². The molecule has 0 fully saturated rings. The van der Waals surface area contributed by atoms with Crippen LogP contribution in [0.25, 0.3) is 0 Å². The maximum Gasteiger partial charge on any atom is 0.124 e. The van der Waals surface area contributed by atoms with Crippen molar-refractivity contribution in [1.82, 2.24) is 0 Å². The number of halogens is 1. The van der Waals surface area contributed by atoms with Gasteiger partial charge < -0.3 is 10.5 Å². The fourth-order valence-electron chi connectivity index (χ4n) is 1.72. The molecule has 0 saturated carbocycles. The van der Waals surface area contributed by atoms with Gasteiger partial charge in [0.05, 0.1) is 6.61 Å². The Bertz CT molecular complexity index is 497. The molecule has 0 aliphatic rings. The van der Waals surface area contributed by atoms with E-state index in [0.29, 0.717) is 6.61 Å². The van der Waals surface area contributed by atoms with Crippen molar-refractivity contribution in [3.63, 3.8) is 0 Å². The second kappa shape index (κ2) is 6.36. The molecule has 96 valence electrons. The van der Waals surface area contributed by atoms with Crippen molar-refractivity contribution in [2.45, 2.75) is 19.4 Å². The first kappa shape index (κ1) is 13.6. The fourth-order valence-corrected chi connectivity index (χ4v) is 2.79. The number of hydrogen-bond donors (Lipinski definition) is 1. The van der Waals surface area contributed by atoms with Gasteiger partial charge in [-0.2, -0.15) is 0 Å². The summed E-state index contributed by atoms with van der Waals surface area (Å²) in [5, 5.41) is 2.09. The average Bonchev–Trinajstić information content (AvgIpc) is 2.84. The molecule has 2 rings (SSSR count). The molecular weight excluding hydrogens is 310 g/mol. The van der Waals surface area contributed by atoms with Crippen LogP contribution in [0.15, 0.2) is 40.2 Å². The maximum absolute atomic E-state index is 5.95. The third-order valence-corrected chi connectivity index (χ3v) is 4.08. The minimum atomic E-state index is -0.0285. The molecular formula is C14H16BrNOS. The minimum absolute atomic E-state index is 0.0285. The quantitative estimate of drug-likeness (QED) is 0.896. The van der Waals surface area contributed by atoms with Crippen molar-refractivity contribution in [3.05, 3.63) is 50.6 Å². The van der Waals surface area contributed by atoms with E-state index in [0.717, 1.165) is 22.2 Å². The molecule has 0 amide bonds. The first-order chi connectivity index (χ1) is 8.66. The van der Waals surface area contributed by atoms with E-state index in [1.54, 1.807) is 11.3 Å². The monoisotopic (exact) mass is 325 g/mol. The predicted molar refractivity (Wildman–Crippen MR) is 80.3 cm³/mol. The predicted octanol–water partition coefficient (Wildman–Crippen LogP) is 4.15. The Morgan fingerprint density at radius 1 is 1.39 bits per heavy atom. The lowest BCUT2D eigenvalue weighted by molar-refractivity contribution is 0.318. The zero-order chi connectivity index (χ0) is 13.0. The van der Waals surface area contributed by atoms with Crippen molar-refractivity contribution in [2.24, 2.45) is 5.73 Å². The third-order valence-electron chi connectivity index (χ3n) is 2.65. The van der Waals surface area contributed by atoms with Gasteiger partial charge in [0.15, 0.2) is 0 Å². The highest BCUT2D eigenvalue weighted by Gasteiger charge is 2.08. The van der Waals surface area contributed by atoms with E-state index in [1.165, 1.54) is 4.88 Å². The Morgan fingerprint density at radius 3 is 2.89 bits per heavy atom. The van der Waals surface area contributed by atoms with Crippen molar-refractivity contribution in [3.8, 4) is 5.75 Å². The molecule has 0 aliphatic heterocycles. The highest BCUT2D eigenvalue weighted by Crippen LogP contribution is 2.27. The highest BCUT2D eigenvalue weighted by atomic mass is 79.9. The Morgan fingerprint density at radius 2 is 2.22 bits per heavy atom. The van der Waals surface area contributed by atoms with Gasteiger partial charge in [-0.25, -0.2) is 0 Å². The van der Waals surface area contributed by atoms with Gasteiger partial charge in [0.25, 0.3) is 0 Å². The van der Waals surface area contributed by atoms with Gasteiger partial charge in [0.2, 0.25) is 0 Å². The van der Waals surface area contributed by atoms with Crippen molar-refractivity contribution in [2.75, 3.05) is 6.61 Å². The Hall–Kier alpha value is -0.840. The third kappa shape index (κ3) is 3.57. The Kier molecular flexibility index (Phi) is 4.80. The first-order valence-electron chi connectivity index (χ1n) is 5.87. The van der Waals surface area contributed by atoms with Crippen molar-refractivity contribution >= 4 is 27.3 Å². The summed E-state index contributed by atoms with van der Waals surface area (Å²) in [6, 6.07) is 10.1. The van der Waals surface area contributed by atoms with Crippen LogP contribution >= 0.6 is 27.3 Å². The number of hydrogen-bond acceptors (Lipinski definition) is 3. The largest absolute Gasteiger partial charge is 0.493 e. The lowest BCUT2D eigenvalue weighted by Gasteiger charge is -2.14. The molecule has 1 aromatic heterocycles. The second-order valence-electron chi connectivity index (χ2n) is 4.15. The molecule has 1 atom stereocenters. The van der Waals surface area contributed by atoms with Crippen LogP contribution in [0.2, 0.25) is 0 Å². The summed E-state index contributed by atoms with van der Waals surface area (Å²) < 4.78 is 6.86. The molecule has 1 heterocycles. The van der Waals surface area contributed by atoms with Gasteiger partial charge in [-0.15, -0.1) is 11.3 Å². The Balaban J connectivity index is 2.00.